The third-order valence-electron chi connectivity index (χ3n) is 3.43. The Labute approximate surface area is 129 Å². The Kier molecular flexibility index (Phi) is 6.49. The van der Waals surface area contributed by atoms with Gasteiger partial charge in [0.25, 0.3) is 0 Å². The maximum atomic E-state index is 12.3. The molecular formula is C14H26F3N3O2. The first-order chi connectivity index (χ1) is 9.99. The molecule has 0 aromatic heterocycles. The van der Waals surface area contributed by atoms with Gasteiger partial charge in [0.2, 0.25) is 0 Å². The van der Waals surface area contributed by atoms with Crippen molar-refractivity contribution >= 4 is 6.09 Å². The van der Waals surface area contributed by atoms with Crippen molar-refractivity contribution in [2.45, 2.75) is 51.4 Å². The lowest BCUT2D eigenvalue weighted by Crippen LogP contribution is -2.50. The van der Waals surface area contributed by atoms with Crippen molar-refractivity contribution in [2.75, 3.05) is 32.7 Å². The van der Waals surface area contributed by atoms with Gasteiger partial charge in [-0.1, -0.05) is 0 Å². The molecule has 1 amide bonds. The quantitative estimate of drug-likeness (QED) is 0.861. The maximum absolute atomic E-state index is 12.3. The van der Waals surface area contributed by atoms with Crippen molar-refractivity contribution in [3.8, 4) is 0 Å². The minimum absolute atomic E-state index is 0.0736. The summed E-state index contributed by atoms with van der Waals surface area (Å²) in [7, 11) is 0. The number of ether oxygens (including phenoxy) is 1. The van der Waals surface area contributed by atoms with E-state index < -0.39 is 17.8 Å². The summed E-state index contributed by atoms with van der Waals surface area (Å²) in [5.41, 5.74) is 4.55. The Morgan fingerprint density at radius 2 is 1.73 bits per heavy atom. The second kappa shape index (κ2) is 7.50. The van der Waals surface area contributed by atoms with Crippen LogP contribution in [0.2, 0.25) is 0 Å². The highest BCUT2D eigenvalue weighted by atomic mass is 19.4. The van der Waals surface area contributed by atoms with Gasteiger partial charge in [-0.15, -0.1) is 0 Å². The molecule has 1 aliphatic heterocycles. The summed E-state index contributed by atoms with van der Waals surface area (Å²) in [6.45, 7) is 8.33. The number of rotatable bonds is 4. The van der Waals surface area contributed by atoms with Crippen LogP contribution < -0.4 is 5.73 Å². The third kappa shape index (κ3) is 6.83. The normalized spacial score (nSPS) is 19.1. The number of hydrogen-bond acceptors (Lipinski definition) is 4. The molecule has 8 heteroatoms. The SMILES string of the molecule is CC(C)(C)OC(=O)N1CCN(CCCC(N)C(F)(F)F)CC1. The minimum atomic E-state index is -4.32. The molecule has 1 atom stereocenters. The molecule has 1 heterocycles. The summed E-state index contributed by atoms with van der Waals surface area (Å²) in [6, 6.07) is -1.75. The fourth-order valence-electron chi connectivity index (χ4n) is 2.18. The number of piperazine rings is 1. The first kappa shape index (κ1) is 19.0. The van der Waals surface area contributed by atoms with Gasteiger partial charge >= 0.3 is 12.3 Å². The molecule has 0 radical (unpaired) electrons. The van der Waals surface area contributed by atoms with Gasteiger partial charge < -0.3 is 15.4 Å². The van der Waals surface area contributed by atoms with Crippen LogP contribution in [-0.2, 0) is 4.74 Å². The van der Waals surface area contributed by atoms with E-state index in [0.717, 1.165) is 0 Å². The Morgan fingerprint density at radius 3 is 2.18 bits per heavy atom. The molecular weight excluding hydrogens is 299 g/mol. The second-order valence-electron chi connectivity index (χ2n) is 6.60. The van der Waals surface area contributed by atoms with Crippen LogP contribution in [0.4, 0.5) is 18.0 Å². The third-order valence-corrected chi connectivity index (χ3v) is 3.43. The molecule has 5 nitrogen and oxygen atoms in total. The Bertz CT molecular complexity index is 361. The predicted octanol–water partition coefficient (Wildman–Crippen LogP) is 2.21. The molecule has 0 aliphatic carbocycles. The van der Waals surface area contributed by atoms with Crippen LogP contribution in [-0.4, -0.2) is 66.4 Å². The molecule has 1 saturated heterocycles. The van der Waals surface area contributed by atoms with E-state index in [-0.39, 0.29) is 12.5 Å². The van der Waals surface area contributed by atoms with Crippen LogP contribution in [0, 0.1) is 0 Å². The highest BCUT2D eigenvalue weighted by molar-refractivity contribution is 5.68. The Hall–Kier alpha value is -1.02. The molecule has 0 aromatic carbocycles. The number of hydrogen-bond donors (Lipinski definition) is 1. The molecule has 0 aromatic rings. The highest BCUT2D eigenvalue weighted by Crippen LogP contribution is 2.21. The van der Waals surface area contributed by atoms with E-state index in [1.165, 1.54) is 0 Å². The van der Waals surface area contributed by atoms with Crippen LogP contribution in [0.3, 0.4) is 0 Å². The lowest BCUT2D eigenvalue weighted by atomic mass is 10.1. The zero-order chi connectivity index (χ0) is 17.0. The summed E-state index contributed by atoms with van der Waals surface area (Å²) in [6.07, 6.45) is -4.34. The standard InChI is InChI=1S/C14H26F3N3O2/c1-13(2,3)22-12(21)20-9-7-19(8-10-20)6-4-5-11(18)14(15,16)17/h11H,4-10,18H2,1-3H3. The van der Waals surface area contributed by atoms with Crippen molar-refractivity contribution in [1.82, 2.24) is 9.80 Å². The van der Waals surface area contributed by atoms with Gasteiger partial charge in [-0.3, -0.25) is 4.90 Å². The highest BCUT2D eigenvalue weighted by Gasteiger charge is 2.36. The van der Waals surface area contributed by atoms with Gasteiger partial charge in [0, 0.05) is 26.2 Å². The average molecular weight is 325 g/mol. The van der Waals surface area contributed by atoms with Gasteiger partial charge in [-0.25, -0.2) is 4.79 Å². The average Bonchev–Trinajstić information content (AvgIpc) is 2.36. The summed E-state index contributed by atoms with van der Waals surface area (Å²) >= 11 is 0. The first-order valence-electron chi connectivity index (χ1n) is 7.51. The van der Waals surface area contributed by atoms with E-state index in [9.17, 15) is 18.0 Å². The van der Waals surface area contributed by atoms with Crippen molar-refractivity contribution in [3.63, 3.8) is 0 Å². The van der Waals surface area contributed by atoms with Gasteiger partial charge in [-0.2, -0.15) is 13.2 Å². The Balaban J connectivity index is 2.24. The van der Waals surface area contributed by atoms with E-state index in [4.69, 9.17) is 10.5 Å². The van der Waals surface area contributed by atoms with Gasteiger partial charge in [-0.05, 0) is 40.2 Å². The molecule has 1 unspecified atom stereocenters. The molecule has 0 spiro atoms. The van der Waals surface area contributed by atoms with Crippen molar-refractivity contribution in [1.29, 1.82) is 0 Å². The number of nitrogens with zero attached hydrogens (tertiary/aromatic N) is 2. The number of halogens is 3. The van der Waals surface area contributed by atoms with E-state index in [0.29, 0.717) is 39.1 Å². The molecule has 1 aliphatic rings. The van der Waals surface area contributed by atoms with Crippen molar-refractivity contribution < 1.29 is 22.7 Å². The number of carbonyl (C=O) groups excluding carboxylic acids is 1. The number of carbonyl (C=O) groups is 1. The fourth-order valence-corrected chi connectivity index (χ4v) is 2.18. The van der Waals surface area contributed by atoms with Gasteiger partial charge in [0.05, 0.1) is 0 Å². The monoisotopic (exact) mass is 325 g/mol. The minimum Gasteiger partial charge on any atom is -0.444 e. The molecule has 22 heavy (non-hydrogen) atoms. The van der Waals surface area contributed by atoms with Crippen LogP contribution >= 0.6 is 0 Å². The van der Waals surface area contributed by atoms with Gasteiger partial charge in [0.1, 0.15) is 11.6 Å². The number of amides is 1. The summed E-state index contributed by atoms with van der Waals surface area (Å²) in [4.78, 5) is 15.6. The topological polar surface area (TPSA) is 58.8 Å². The van der Waals surface area contributed by atoms with Crippen molar-refractivity contribution in [2.24, 2.45) is 5.73 Å². The maximum Gasteiger partial charge on any atom is 0.410 e. The summed E-state index contributed by atoms with van der Waals surface area (Å²) in [5, 5.41) is 0. The predicted molar refractivity (Wildman–Crippen MR) is 77.5 cm³/mol. The van der Waals surface area contributed by atoms with Crippen LogP contribution in [0.25, 0.3) is 0 Å². The number of alkyl halides is 3. The molecule has 1 fully saturated rings. The van der Waals surface area contributed by atoms with E-state index in [2.05, 4.69) is 0 Å². The fraction of sp³-hybridized carbons (Fsp3) is 0.929. The van der Waals surface area contributed by atoms with Crippen LogP contribution in [0.5, 0.6) is 0 Å². The second-order valence-corrected chi connectivity index (χ2v) is 6.60. The van der Waals surface area contributed by atoms with Crippen LogP contribution in [0.15, 0.2) is 0 Å². The smallest absolute Gasteiger partial charge is 0.410 e. The summed E-state index contributed by atoms with van der Waals surface area (Å²) < 4.78 is 42.2. The van der Waals surface area contributed by atoms with E-state index in [1.807, 2.05) is 25.7 Å². The molecule has 0 bridgehead atoms. The molecule has 2 N–H and O–H groups in total. The van der Waals surface area contributed by atoms with Crippen molar-refractivity contribution in [3.05, 3.63) is 0 Å². The first-order valence-corrected chi connectivity index (χ1v) is 7.51. The van der Waals surface area contributed by atoms with Crippen LogP contribution in [0.1, 0.15) is 33.6 Å². The lowest BCUT2D eigenvalue weighted by molar-refractivity contribution is -0.149. The van der Waals surface area contributed by atoms with E-state index >= 15 is 0 Å². The number of nitrogens with two attached hydrogens (primary N) is 1. The Morgan fingerprint density at radius 1 is 1.18 bits per heavy atom. The molecule has 130 valence electrons. The largest absolute Gasteiger partial charge is 0.444 e. The zero-order valence-electron chi connectivity index (χ0n) is 13.4. The summed E-state index contributed by atoms with van der Waals surface area (Å²) in [5.74, 6) is 0. The molecule has 1 rings (SSSR count). The molecule has 0 saturated carbocycles. The zero-order valence-corrected chi connectivity index (χ0v) is 13.4. The lowest BCUT2D eigenvalue weighted by Gasteiger charge is -2.35. The van der Waals surface area contributed by atoms with E-state index in [1.54, 1.807) is 4.90 Å². The van der Waals surface area contributed by atoms with Gasteiger partial charge in [0.15, 0.2) is 0 Å².